The van der Waals surface area contributed by atoms with E-state index in [4.69, 9.17) is 10.5 Å². The molecule has 0 unspecified atom stereocenters. The SMILES string of the molecule is Cl.NCCOc1ccc(NC(=O)C2(c3ccc(F)cc3F)CCC2)cc1. The summed E-state index contributed by atoms with van der Waals surface area (Å²) in [4.78, 5) is 12.8. The summed E-state index contributed by atoms with van der Waals surface area (Å²) in [5.41, 5.74) is 5.29. The molecule has 0 aromatic heterocycles. The second kappa shape index (κ2) is 8.47. The van der Waals surface area contributed by atoms with E-state index in [1.807, 2.05) is 0 Å². The molecular weight excluding hydrogens is 362 g/mol. The summed E-state index contributed by atoms with van der Waals surface area (Å²) in [5.74, 6) is -0.948. The Labute approximate surface area is 157 Å². The van der Waals surface area contributed by atoms with Gasteiger partial charge in [0.2, 0.25) is 5.91 Å². The lowest BCUT2D eigenvalue weighted by Crippen LogP contribution is -2.46. The van der Waals surface area contributed by atoms with Crippen LogP contribution in [0.3, 0.4) is 0 Å². The van der Waals surface area contributed by atoms with Gasteiger partial charge < -0.3 is 15.8 Å². The maximum atomic E-state index is 14.2. The zero-order valence-corrected chi connectivity index (χ0v) is 15.0. The van der Waals surface area contributed by atoms with E-state index < -0.39 is 17.0 Å². The monoisotopic (exact) mass is 382 g/mol. The fourth-order valence-electron chi connectivity index (χ4n) is 3.09. The first-order valence-corrected chi connectivity index (χ1v) is 8.25. The molecule has 0 saturated heterocycles. The molecule has 3 N–H and O–H groups in total. The predicted octanol–water partition coefficient (Wildman–Crippen LogP) is 3.78. The second-order valence-corrected chi connectivity index (χ2v) is 6.18. The minimum atomic E-state index is -0.938. The smallest absolute Gasteiger partial charge is 0.235 e. The molecule has 0 heterocycles. The Morgan fingerprint density at radius 3 is 2.38 bits per heavy atom. The van der Waals surface area contributed by atoms with Gasteiger partial charge in [0.15, 0.2) is 0 Å². The highest BCUT2D eigenvalue weighted by atomic mass is 35.5. The van der Waals surface area contributed by atoms with Crippen molar-refractivity contribution in [1.29, 1.82) is 0 Å². The Kier molecular flexibility index (Phi) is 6.56. The van der Waals surface area contributed by atoms with Crippen LogP contribution in [0.15, 0.2) is 42.5 Å². The van der Waals surface area contributed by atoms with Crippen molar-refractivity contribution in [2.45, 2.75) is 24.7 Å². The highest BCUT2D eigenvalue weighted by Gasteiger charge is 2.47. The van der Waals surface area contributed by atoms with E-state index in [-0.39, 0.29) is 23.9 Å². The summed E-state index contributed by atoms with van der Waals surface area (Å²) in [6.45, 7) is 0.836. The number of carbonyl (C=O) groups excluding carboxylic acids is 1. The van der Waals surface area contributed by atoms with E-state index in [1.54, 1.807) is 24.3 Å². The van der Waals surface area contributed by atoms with Gasteiger partial charge in [-0.2, -0.15) is 0 Å². The van der Waals surface area contributed by atoms with Gasteiger partial charge in [-0.1, -0.05) is 12.5 Å². The Morgan fingerprint density at radius 1 is 1.15 bits per heavy atom. The highest BCUT2D eigenvalue weighted by molar-refractivity contribution is 6.00. The van der Waals surface area contributed by atoms with Gasteiger partial charge >= 0.3 is 0 Å². The second-order valence-electron chi connectivity index (χ2n) is 6.18. The molecule has 3 rings (SSSR count). The van der Waals surface area contributed by atoms with Crippen LogP contribution in [0, 0.1) is 11.6 Å². The lowest BCUT2D eigenvalue weighted by molar-refractivity contribution is -0.124. The Bertz CT molecular complexity index is 765. The molecule has 1 saturated carbocycles. The predicted molar refractivity (Wildman–Crippen MR) is 98.8 cm³/mol. The number of nitrogens with one attached hydrogen (secondary N) is 1. The van der Waals surface area contributed by atoms with Crippen LogP contribution < -0.4 is 15.8 Å². The third-order valence-corrected chi connectivity index (χ3v) is 4.59. The highest BCUT2D eigenvalue weighted by Crippen LogP contribution is 2.45. The standard InChI is InChI=1S/C19H20F2N2O2.ClH/c20-13-2-7-16(17(21)12-13)19(8-1-9-19)18(24)23-14-3-5-15(6-4-14)25-11-10-22;/h2-7,12H,1,8-11,22H2,(H,23,24);1H. The van der Waals surface area contributed by atoms with Crippen molar-refractivity contribution in [2.24, 2.45) is 5.73 Å². The average molecular weight is 383 g/mol. The number of hydrogen-bond donors (Lipinski definition) is 2. The Hall–Kier alpha value is -2.18. The van der Waals surface area contributed by atoms with Crippen molar-refractivity contribution in [1.82, 2.24) is 0 Å². The van der Waals surface area contributed by atoms with Gasteiger partial charge in [0.25, 0.3) is 0 Å². The van der Waals surface area contributed by atoms with Crippen LogP contribution >= 0.6 is 12.4 Å². The number of anilines is 1. The van der Waals surface area contributed by atoms with Gasteiger partial charge in [0, 0.05) is 23.9 Å². The minimum Gasteiger partial charge on any atom is -0.492 e. The van der Waals surface area contributed by atoms with E-state index in [0.29, 0.717) is 37.4 Å². The summed E-state index contributed by atoms with van der Waals surface area (Å²) in [7, 11) is 0. The van der Waals surface area contributed by atoms with E-state index in [2.05, 4.69) is 5.32 Å². The van der Waals surface area contributed by atoms with Gasteiger partial charge in [-0.3, -0.25) is 4.79 Å². The third kappa shape index (κ3) is 3.97. The van der Waals surface area contributed by atoms with Crippen molar-refractivity contribution < 1.29 is 18.3 Å². The van der Waals surface area contributed by atoms with Crippen LogP contribution in [-0.4, -0.2) is 19.1 Å². The summed E-state index contributed by atoms with van der Waals surface area (Å²) in [6.07, 6.45) is 1.91. The first-order valence-electron chi connectivity index (χ1n) is 8.25. The molecule has 0 aliphatic heterocycles. The molecule has 1 aliphatic rings. The quantitative estimate of drug-likeness (QED) is 0.799. The molecule has 1 amide bonds. The average Bonchev–Trinajstić information content (AvgIpc) is 2.55. The number of carbonyl (C=O) groups is 1. The molecular formula is C19H21ClF2N2O2. The first-order chi connectivity index (χ1) is 12.0. The van der Waals surface area contributed by atoms with E-state index in [9.17, 15) is 13.6 Å². The first kappa shape index (κ1) is 20.1. The molecule has 2 aromatic carbocycles. The summed E-state index contributed by atoms with van der Waals surface area (Å²) in [6, 6.07) is 10.3. The van der Waals surface area contributed by atoms with Crippen molar-refractivity contribution >= 4 is 24.0 Å². The lowest BCUT2D eigenvalue weighted by atomic mass is 9.63. The largest absolute Gasteiger partial charge is 0.492 e. The molecule has 0 atom stereocenters. The van der Waals surface area contributed by atoms with Gasteiger partial charge in [0.1, 0.15) is 24.0 Å². The fourth-order valence-corrected chi connectivity index (χ4v) is 3.09. The normalized spacial score (nSPS) is 14.7. The Morgan fingerprint density at radius 2 is 1.85 bits per heavy atom. The molecule has 0 spiro atoms. The van der Waals surface area contributed by atoms with Crippen LogP contribution in [0.2, 0.25) is 0 Å². The van der Waals surface area contributed by atoms with Crippen LogP contribution in [-0.2, 0) is 10.2 Å². The minimum absolute atomic E-state index is 0. The molecule has 1 aliphatic carbocycles. The Balaban J connectivity index is 0.00000243. The molecule has 7 heteroatoms. The van der Waals surface area contributed by atoms with Crippen LogP contribution in [0.1, 0.15) is 24.8 Å². The van der Waals surface area contributed by atoms with E-state index in [0.717, 1.165) is 12.5 Å². The summed E-state index contributed by atoms with van der Waals surface area (Å²) >= 11 is 0. The van der Waals surface area contributed by atoms with Crippen LogP contribution in [0.25, 0.3) is 0 Å². The maximum absolute atomic E-state index is 14.2. The summed E-state index contributed by atoms with van der Waals surface area (Å²) in [5, 5.41) is 2.83. The number of halogens is 3. The topological polar surface area (TPSA) is 64.3 Å². The van der Waals surface area contributed by atoms with Crippen molar-refractivity contribution in [3.05, 3.63) is 59.7 Å². The molecule has 4 nitrogen and oxygen atoms in total. The van der Waals surface area contributed by atoms with Crippen LogP contribution in [0.5, 0.6) is 5.75 Å². The van der Waals surface area contributed by atoms with Gasteiger partial charge in [-0.05, 0) is 43.2 Å². The number of hydrogen-bond acceptors (Lipinski definition) is 3. The number of amides is 1. The third-order valence-electron chi connectivity index (χ3n) is 4.59. The lowest BCUT2D eigenvalue weighted by Gasteiger charge is -2.40. The number of rotatable bonds is 6. The number of ether oxygens (including phenoxy) is 1. The van der Waals surface area contributed by atoms with Crippen molar-refractivity contribution in [3.63, 3.8) is 0 Å². The van der Waals surface area contributed by atoms with Crippen LogP contribution in [0.4, 0.5) is 14.5 Å². The molecule has 0 radical (unpaired) electrons. The zero-order chi connectivity index (χ0) is 17.9. The summed E-state index contributed by atoms with van der Waals surface area (Å²) < 4.78 is 32.8. The zero-order valence-electron chi connectivity index (χ0n) is 14.1. The van der Waals surface area contributed by atoms with Gasteiger partial charge in [-0.25, -0.2) is 8.78 Å². The molecule has 26 heavy (non-hydrogen) atoms. The number of nitrogens with two attached hydrogens (primary N) is 1. The van der Waals surface area contributed by atoms with Gasteiger partial charge in [0.05, 0.1) is 5.41 Å². The number of benzene rings is 2. The molecule has 140 valence electrons. The molecule has 0 bridgehead atoms. The van der Waals surface area contributed by atoms with E-state index >= 15 is 0 Å². The van der Waals surface area contributed by atoms with E-state index in [1.165, 1.54) is 12.1 Å². The molecule has 2 aromatic rings. The fraction of sp³-hybridized carbons (Fsp3) is 0.316. The maximum Gasteiger partial charge on any atom is 0.235 e. The molecule has 1 fully saturated rings. The van der Waals surface area contributed by atoms with Crippen molar-refractivity contribution in [3.8, 4) is 5.75 Å². The van der Waals surface area contributed by atoms with Gasteiger partial charge in [-0.15, -0.1) is 12.4 Å². The van der Waals surface area contributed by atoms with Crippen molar-refractivity contribution in [2.75, 3.05) is 18.5 Å².